The molecule has 0 fully saturated rings. The maximum Gasteiger partial charge on any atom is 0.343 e. The molecule has 1 aromatic heterocycles. The lowest BCUT2D eigenvalue weighted by molar-refractivity contribution is 0.0527. The first kappa shape index (κ1) is 19.7. The molecule has 0 radical (unpaired) electrons. The summed E-state index contributed by atoms with van der Waals surface area (Å²) < 4.78 is 6.43. The maximum absolute atomic E-state index is 12.8. The van der Waals surface area contributed by atoms with Gasteiger partial charge in [0.1, 0.15) is 11.4 Å². The first-order chi connectivity index (χ1) is 14.6. The van der Waals surface area contributed by atoms with E-state index in [0.29, 0.717) is 11.3 Å². The zero-order valence-electron chi connectivity index (χ0n) is 16.8. The molecule has 1 atom stereocenters. The second kappa shape index (κ2) is 8.41. The van der Waals surface area contributed by atoms with Gasteiger partial charge in [-0.3, -0.25) is 4.79 Å². The fourth-order valence-corrected chi connectivity index (χ4v) is 3.83. The number of nitrogens with two attached hydrogens (primary N) is 1. The Balaban J connectivity index is 1.49. The number of nitrogens with zero attached hydrogens (tertiary/aromatic N) is 2. The number of amides is 1. The molecule has 3 N–H and O–H groups in total. The van der Waals surface area contributed by atoms with Crippen molar-refractivity contribution in [2.24, 2.45) is 0 Å². The average Bonchev–Trinajstić information content (AvgIpc) is 3.15. The number of carbonyl (C=O) groups excluding carboxylic acids is 2. The second-order valence-corrected chi connectivity index (χ2v) is 7.24. The number of benzene rings is 2. The largest absolute Gasteiger partial charge is 0.462 e. The molecule has 1 aliphatic carbocycles. The lowest BCUT2D eigenvalue weighted by atomic mass is 9.87. The average molecular weight is 404 g/mol. The summed E-state index contributed by atoms with van der Waals surface area (Å²) in [4.78, 5) is 24.7. The van der Waals surface area contributed by atoms with Gasteiger partial charge in [-0.05, 0) is 61.6 Å². The Bertz CT molecular complexity index is 1070. The number of aryl methyl sites for hydroxylation is 1. The molecule has 1 amide bonds. The van der Waals surface area contributed by atoms with Gasteiger partial charge in [0.15, 0.2) is 0 Å². The van der Waals surface area contributed by atoms with Crippen LogP contribution in [0.15, 0.2) is 54.7 Å². The Hall–Kier alpha value is -3.61. The van der Waals surface area contributed by atoms with E-state index in [2.05, 4.69) is 22.5 Å². The standard InChI is InChI=1S/C23H24N4O3/c1-2-30-23(29)19-14-25-27(21(19)24)17-12-10-16(11-13-17)22(28)26-20-9-5-7-15-6-3-4-8-18(15)20/h3-4,6,8,10-14,20H,2,5,7,9,24H2,1H3,(H,26,28)/t20-/m1/s1. The van der Waals surface area contributed by atoms with Gasteiger partial charge < -0.3 is 15.8 Å². The number of rotatable bonds is 5. The van der Waals surface area contributed by atoms with Gasteiger partial charge in [0.25, 0.3) is 5.91 Å². The second-order valence-electron chi connectivity index (χ2n) is 7.24. The van der Waals surface area contributed by atoms with Gasteiger partial charge in [-0.15, -0.1) is 0 Å². The van der Waals surface area contributed by atoms with Crippen molar-refractivity contribution >= 4 is 17.7 Å². The zero-order chi connectivity index (χ0) is 21.1. The van der Waals surface area contributed by atoms with E-state index >= 15 is 0 Å². The lowest BCUT2D eigenvalue weighted by Crippen LogP contribution is -2.30. The van der Waals surface area contributed by atoms with Crippen LogP contribution in [-0.2, 0) is 11.2 Å². The van der Waals surface area contributed by atoms with Gasteiger partial charge in [0, 0.05) is 5.56 Å². The number of carbonyl (C=O) groups is 2. The van der Waals surface area contributed by atoms with E-state index in [1.54, 1.807) is 31.2 Å². The minimum absolute atomic E-state index is 0.0241. The van der Waals surface area contributed by atoms with Crippen molar-refractivity contribution in [3.8, 4) is 5.69 Å². The monoisotopic (exact) mass is 404 g/mol. The van der Waals surface area contributed by atoms with Crippen molar-refractivity contribution in [3.05, 3.63) is 77.0 Å². The smallest absolute Gasteiger partial charge is 0.343 e. The number of hydrogen-bond acceptors (Lipinski definition) is 5. The van der Waals surface area contributed by atoms with Crippen LogP contribution in [0.2, 0.25) is 0 Å². The van der Waals surface area contributed by atoms with Crippen LogP contribution in [0.1, 0.15) is 57.7 Å². The highest BCUT2D eigenvalue weighted by Crippen LogP contribution is 2.29. The number of aromatic nitrogens is 2. The predicted molar refractivity (Wildman–Crippen MR) is 114 cm³/mol. The molecule has 3 aromatic rings. The Morgan fingerprint density at radius 3 is 2.73 bits per heavy atom. The van der Waals surface area contributed by atoms with Gasteiger partial charge in [0.05, 0.1) is 24.5 Å². The molecule has 7 nitrogen and oxygen atoms in total. The fourth-order valence-electron chi connectivity index (χ4n) is 3.83. The van der Waals surface area contributed by atoms with Crippen LogP contribution in [-0.4, -0.2) is 28.3 Å². The Labute approximate surface area is 174 Å². The SMILES string of the molecule is CCOC(=O)c1cnn(-c2ccc(C(=O)N[C@@H]3CCCc4ccccc43)cc2)c1N. The lowest BCUT2D eigenvalue weighted by Gasteiger charge is -2.26. The zero-order valence-corrected chi connectivity index (χ0v) is 16.8. The van der Waals surface area contributed by atoms with Crippen LogP contribution in [0.3, 0.4) is 0 Å². The molecule has 0 aliphatic heterocycles. The van der Waals surface area contributed by atoms with E-state index in [9.17, 15) is 9.59 Å². The van der Waals surface area contributed by atoms with E-state index in [1.807, 2.05) is 12.1 Å². The number of esters is 1. The van der Waals surface area contributed by atoms with Crippen LogP contribution in [0.5, 0.6) is 0 Å². The highest BCUT2D eigenvalue weighted by Gasteiger charge is 2.22. The van der Waals surface area contributed by atoms with E-state index in [4.69, 9.17) is 10.5 Å². The molecular formula is C23H24N4O3. The molecular weight excluding hydrogens is 380 g/mol. The van der Waals surface area contributed by atoms with Gasteiger partial charge in [-0.2, -0.15) is 5.10 Å². The van der Waals surface area contributed by atoms with Gasteiger partial charge in [0.2, 0.25) is 0 Å². The van der Waals surface area contributed by atoms with Crippen molar-refractivity contribution in [1.29, 1.82) is 0 Å². The summed E-state index contributed by atoms with van der Waals surface area (Å²) in [6.45, 7) is 1.99. The van der Waals surface area contributed by atoms with Crippen molar-refractivity contribution in [2.45, 2.75) is 32.2 Å². The minimum Gasteiger partial charge on any atom is -0.462 e. The highest BCUT2D eigenvalue weighted by molar-refractivity contribution is 5.95. The minimum atomic E-state index is -0.509. The summed E-state index contributed by atoms with van der Waals surface area (Å²) in [5, 5.41) is 7.32. The predicted octanol–water partition coefficient (Wildman–Crippen LogP) is 3.44. The van der Waals surface area contributed by atoms with Crippen LogP contribution >= 0.6 is 0 Å². The molecule has 7 heteroatoms. The molecule has 0 unspecified atom stereocenters. The van der Waals surface area contributed by atoms with Crippen LogP contribution in [0, 0.1) is 0 Å². The first-order valence-electron chi connectivity index (χ1n) is 10.1. The summed E-state index contributed by atoms with van der Waals surface area (Å²) in [5.74, 6) is -0.432. The maximum atomic E-state index is 12.8. The number of nitrogens with one attached hydrogen (secondary N) is 1. The summed E-state index contributed by atoms with van der Waals surface area (Å²) in [5.41, 5.74) is 9.98. The first-order valence-corrected chi connectivity index (χ1v) is 10.1. The van der Waals surface area contributed by atoms with Crippen molar-refractivity contribution in [1.82, 2.24) is 15.1 Å². The number of hydrogen-bond donors (Lipinski definition) is 2. The quantitative estimate of drug-likeness (QED) is 0.635. The van der Waals surface area contributed by atoms with E-state index in [0.717, 1.165) is 19.3 Å². The van der Waals surface area contributed by atoms with E-state index in [-0.39, 0.29) is 29.9 Å². The fraction of sp³-hybridized carbons (Fsp3) is 0.261. The van der Waals surface area contributed by atoms with Crippen LogP contribution in [0.4, 0.5) is 5.82 Å². The summed E-state index contributed by atoms with van der Waals surface area (Å²) in [7, 11) is 0. The van der Waals surface area contributed by atoms with Crippen LogP contribution < -0.4 is 11.1 Å². The Morgan fingerprint density at radius 1 is 1.20 bits per heavy atom. The van der Waals surface area contributed by atoms with Crippen molar-refractivity contribution in [2.75, 3.05) is 12.3 Å². The Morgan fingerprint density at radius 2 is 1.97 bits per heavy atom. The number of nitrogen functional groups attached to an aromatic ring is 1. The third kappa shape index (κ3) is 3.78. The summed E-state index contributed by atoms with van der Waals surface area (Å²) in [6, 6.07) is 15.2. The van der Waals surface area contributed by atoms with Gasteiger partial charge in [-0.25, -0.2) is 9.48 Å². The van der Waals surface area contributed by atoms with Crippen molar-refractivity contribution in [3.63, 3.8) is 0 Å². The Kier molecular flexibility index (Phi) is 5.52. The molecule has 154 valence electrons. The molecule has 0 saturated heterocycles. The summed E-state index contributed by atoms with van der Waals surface area (Å²) in [6.07, 6.45) is 4.42. The third-order valence-corrected chi connectivity index (χ3v) is 5.35. The van der Waals surface area contributed by atoms with Crippen molar-refractivity contribution < 1.29 is 14.3 Å². The molecule has 0 spiro atoms. The molecule has 30 heavy (non-hydrogen) atoms. The third-order valence-electron chi connectivity index (χ3n) is 5.35. The van der Waals surface area contributed by atoms with Crippen LogP contribution in [0.25, 0.3) is 5.69 Å². The molecule has 4 rings (SSSR count). The number of ether oxygens (including phenoxy) is 1. The number of anilines is 1. The highest BCUT2D eigenvalue weighted by atomic mass is 16.5. The number of fused-ring (bicyclic) bond motifs is 1. The molecule has 1 aliphatic rings. The van der Waals surface area contributed by atoms with Gasteiger partial charge in [-0.1, -0.05) is 24.3 Å². The normalized spacial score (nSPS) is 15.3. The van der Waals surface area contributed by atoms with E-state index < -0.39 is 5.97 Å². The van der Waals surface area contributed by atoms with Gasteiger partial charge >= 0.3 is 5.97 Å². The molecule has 0 bridgehead atoms. The topological polar surface area (TPSA) is 99.2 Å². The molecule has 2 aromatic carbocycles. The summed E-state index contributed by atoms with van der Waals surface area (Å²) >= 11 is 0. The molecule has 1 heterocycles. The molecule has 0 saturated carbocycles. The van der Waals surface area contributed by atoms with E-state index in [1.165, 1.54) is 22.0 Å².